The van der Waals surface area contributed by atoms with Gasteiger partial charge in [0, 0.05) is 13.6 Å². The Balaban J connectivity index is 2.94. The van der Waals surface area contributed by atoms with Gasteiger partial charge in [-0.3, -0.25) is 0 Å². The van der Waals surface area contributed by atoms with Gasteiger partial charge in [0.15, 0.2) is 5.82 Å². The monoisotopic (exact) mass is 286 g/mol. The highest BCUT2D eigenvalue weighted by Gasteiger charge is 2.28. The normalized spacial score (nSPS) is 10.9. The number of halogens is 3. The van der Waals surface area contributed by atoms with Crippen molar-refractivity contribution in [2.45, 2.75) is 25.6 Å². The van der Waals surface area contributed by atoms with E-state index in [2.05, 4.69) is 5.10 Å². The van der Waals surface area contributed by atoms with E-state index in [4.69, 9.17) is 16.3 Å². The molecule has 0 fully saturated rings. The molecule has 0 amide bonds. The minimum Gasteiger partial charge on any atom is -0.383 e. The van der Waals surface area contributed by atoms with Crippen LogP contribution in [0.25, 0.3) is 0 Å². The Morgan fingerprint density at radius 3 is 2.55 bits per heavy atom. The molecule has 2 N–H and O–H groups in total. The van der Waals surface area contributed by atoms with Gasteiger partial charge in [-0.2, -0.15) is 28.8 Å². The van der Waals surface area contributed by atoms with Gasteiger partial charge in [-0.1, -0.05) is 0 Å². The lowest BCUT2D eigenvalue weighted by molar-refractivity contribution is -0.132. The molecule has 0 bridgehead atoms. The number of alkyl halides is 3. The summed E-state index contributed by atoms with van der Waals surface area (Å²) in [5.41, 5.74) is 5.72. The van der Waals surface area contributed by atoms with Crippen LogP contribution in [0.15, 0.2) is 0 Å². The molecule has 1 heterocycles. The topological polar surface area (TPSA) is 94.7 Å². The van der Waals surface area contributed by atoms with Crippen LogP contribution in [0.5, 0.6) is 0 Å². The molecule has 0 saturated heterocycles. The zero-order valence-electron chi connectivity index (χ0n) is 10.8. The zero-order valence-corrected chi connectivity index (χ0v) is 10.8. The summed E-state index contributed by atoms with van der Waals surface area (Å²) in [7, 11) is 1.41. The quantitative estimate of drug-likeness (QED) is 0.887. The van der Waals surface area contributed by atoms with E-state index in [-0.39, 0.29) is 36.7 Å². The van der Waals surface area contributed by atoms with Gasteiger partial charge in [-0.05, 0) is 0 Å². The Morgan fingerprint density at radius 2 is 2.05 bits per heavy atom. The highest BCUT2D eigenvalue weighted by atomic mass is 19.4. The maximum atomic E-state index is 12.2. The molecule has 0 saturated carbocycles. The number of nitrogens with zero attached hydrogens (tertiary/aromatic N) is 5. The lowest BCUT2D eigenvalue weighted by Gasteiger charge is -2.17. The zero-order chi connectivity index (χ0) is 15.3. The van der Waals surface area contributed by atoms with Crippen molar-refractivity contribution in [2.75, 3.05) is 24.2 Å². The SMILES string of the molecule is CN(CCC(F)(F)F)c1nn(CCC#N)c(N)c1C#N. The molecular formula is C11H13F3N6. The van der Waals surface area contributed by atoms with E-state index in [1.165, 1.54) is 16.6 Å². The molecule has 1 aromatic rings. The van der Waals surface area contributed by atoms with Crippen molar-refractivity contribution in [3.63, 3.8) is 0 Å². The maximum absolute atomic E-state index is 12.2. The Bertz CT molecular complexity index is 548. The number of aromatic nitrogens is 2. The van der Waals surface area contributed by atoms with Crippen LogP contribution in [0.1, 0.15) is 18.4 Å². The minimum atomic E-state index is -4.28. The first-order valence-electron chi connectivity index (χ1n) is 5.71. The second-order valence-corrected chi connectivity index (χ2v) is 4.11. The van der Waals surface area contributed by atoms with Crippen molar-refractivity contribution in [1.82, 2.24) is 9.78 Å². The molecule has 0 atom stereocenters. The molecule has 0 aliphatic heterocycles. The number of aryl methyl sites for hydroxylation is 1. The summed E-state index contributed by atoms with van der Waals surface area (Å²) in [5.74, 6) is 0.142. The second kappa shape index (κ2) is 6.15. The van der Waals surface area contributed by atoms with Gasteiger partial charge in [0.2, 0.25) is 0 Å². The van der Waals surface area contributed by atoms with Crippen molar-refractivity contribution in [2.24, 2.45) is 0 Å². The lowest BCUT2D eigenvalue weighted by Crippen LogP contribution is -2.25. The molecule has 0 aromatic carbocycles. The van der Waals surface area contributed by atoms with E-state index >= 15 is 0 Å². The Labute approximate surface area is 113 Å². The molecule has 108 valence electrons. The largest absolute Gasteiger partial charge is 0.390 e. The van der Waals surface area contributed by atoms with Crippen molar-refractivity contribution in [3.8, 4) is 12.1 Å². The van der Waals surface area contributed by atoms with Gasteiger partial charge in [0.1, 0.15) is 17.5 Å². The van der Waals surface area contributed by atoms with Gasteiger partial charge >= 0.3 is 6.18 Å². The van der Waals surface area contributed by atoms with E-state index in [1.54, 1.807) is 0 Å². The van der Waals surface area contributed by atoms with E-state index in [1.807, 2.05) is 12.1 Å². The Kier molecular flexibility index (Phi) is 4.81. The van der Waals surface area contributed by atoms with Crippen molar-refractivity contribution in [3.05, 3.63) is 5.56 Å². The number of nitriles is 2. The van der Waals surface area contributed by atoms with E-state index < -0.39 is 12.6 Å². The number of anilines is 2. The molecule has 0 unspecified atom stereocenters. The molecule has 0 radical (unpaired) electrons. The van der Waals surface area contributed by atoms with Crippen LogP contribution in [0.2, 0.25) is 0 Å². The van der Waals surface area contributed by atoms with Crippen LogP contribution in [-0.4, -0.2) is 29.5 Å². The summed E-state index contributed by atoms with van der Waals surface area (Å²) in [6.07, 6.45) is -5.15. The van der Waals surface area contributed by atoms with Gasteiger partial charge in [-0.15, -0.1) is 0 Å². The summed E-state index contributed by atoms with van der Waals surface area (Å²) >= 11 is 0. The molecule has 1 rings (SSSR count). The third kappa shape index (κ3) is 3.79. The van der Waals surface area contributed by atoms with Crippen LogP contribution >= 0.6 is 0 Å². The molecule has 9 heteroatoms. The standard InChI is InChI=1S/C11H13F3N6/c1-19(6-3-11(12,13)14)10-8(7-16)9(17)20(18-10)5-2-4-15/h2-3,5-6,17H2,1H3. The predicted octanol–water partition coefficient (Wildman–Crippen LogP) is 1.64. The number of hydrogen-bond acceptors (Lipinski definition) is 5. The number of rotatable bonds is 5. The van der Waals surface area contributed by atoms with Gasteiger partial charge in [0.25, 0.3) is 0 Å². The maximum Gasteiger partial charge on any atom is 0.390 e. The van der Waals surface area contributed by atoms with Crippen LogP contribution in [0, 0.1) is 22.7 Å². The Hall–Kier alpha value is -2.42. The molecule has 6 nitrogen and oxygen atoms in total. The van der Waals surface area contributed by atoms with E-state index in [0.717, 1.165) is 0 Å². The first kappa shape index (κ1) is 15.6. The molecular weight excluding hydrogens is 273 g/mol. The fourth-order valence-corrected chi connectivity index (χ4v) is 1.56. The van der Waals surface area contributed by atoms with Gasteiger partial charge in [0.05, 0.1) is 25.5 Å². The smallest absolute Gasteiger partial charge is 0.383 e. The predicted molar refractivity (Wildman–Crippen MR) is 65.5 cm³/mol. The average Bonchev–Trinajstić information content (AvgIpc) is 2.69. The summed E-state index contributed by atoms with van der Waals surface area (Å²) in [6, 6.07) is 3.73. The van der Waals surface area contributed by atoms with Crippen LogP contribution in [0.3, 0.4) is 0 Å². The minimum absolute atomic E-state index is 0.0209. The number of nitrogen functional groups attached to an aromatic ring is 1. The third-order valence-electron chi connectivity index (χ3n) is 2.61. The van der Waals surface area contributed by atoms with E-state index in [9.17, 15) is 13.2 Å². The number of hydrogen-bond donors (Lipinski definition) is 1. The summed E-state index contributed by atoms with van der Waals surface area (Å²) in [5, 5.41) is 21.5. The highest BCUT2D eigenvalue weighted by molar-refractivity contribution is 5.64. The molecule has 0 aliphatic carbocycles. The van der Waals surface area contributed by atoms with Gasteiger partial charge in [-0.25, -0.2) is 4.68 Å². The first-order valence-corrected chi connectivity index (χ1v) is 5.71. The van der Waals surface area contributed by atoms with Crippen molar-refractivity contribution < 1.29 is 13.2 Å². The summed E-state index contributed by atoms with van der Waals surface area (Å²) in [6.45, 7) is -0.142. The fourth-order valence-electron chi connectivity index (χ4n) is 1.56. The molecule has 0 spiro atoms. The average molecular weight is 286 g/mol. The highest BCUT2D eigenvalue weighted by Crippen LogP contribution is 2.26. The third-order valence-corrected chi connectivity index (χ3v) is 2.61. The Morgan fingerprint density at radius 1 is 1.40 bits per heavy atom. The molecule has 20 heavy (non-hydrogen) atoms. The van der Waals surface area contributed by atoms with Crippen molar-refractivity contribution in [1.29, 1.82) is 10.5 Å². The number of nitrogens with two attached hydrogens (primary N) is 1. The summed E-state index contributed by atoms with van der Waals surface area (Å²) in [4.78, 5) is 1.23. The first-order chi connectivity index (χ1) is 9.30. The molecule has 1 aromatic heterocycles. The summed E-state index contributed by atoms with van der Waals surface area (Å²) < 4.78 is 37.8. The van der Waals surface area contributed by atoms with Crippen LogP contribution < -0.4 is 10.6 Å². The lowest BCUT2D eigenvalue weighted by atomic mass is 10.3. The van der Waals surface area contributed by atoms with Gasteiger partial charge < -0.3 is 10.6 Å². The second-order valence-electron chi connectivity index (χ2n) is 4.11. The van der Waals surface area contributed by atoms with Crippen LogP contribution in [-0.2, 0) is 6.54 Å². The fraction of sp³-hybridized carbons (Fsp3) is 0.545. The van der Waals surface area contributed by atoms with Crippen molar-refractivity contribution >= 4 is 11.6 Å². The molecule has 0 aliphatic rings. The van der Waals surface area contributed by atoms with Crippen LogP contribution in [0.4, 0.5) is 24.8 Å². The van der Waals surface area contributed by atoms with E-state index in [0.29, 0.717) is 0 Å².